The van der Waals surface area contributed by atoms with Crippen LogP contribution in [0.15, 0.2) is 121 Å². The average molecular weight is 525 g/mol. The van der Waals surface area contributed by atoms with Crippen molar-refractivity contribution in [3.05, 3.63) is 121 Å². The van der Waals surface area contributed by atoms with Crippen molar-refractivity contribution in [1.82, 2.24) is 0 Å². The van der Waals surface area contributed by atoms with Crippen molar-refractivity contribution in [2.45, 2.75) is 31.4 Å². The molecule has 0 heterocycles. The van der Waals surface area contributed by atoms with E-state index in [2.05, 4.69) is 121 Å². The Morgan fingerprint density at radius 3 is 1.27 bits per heavy atom. The van der Waals surface area contributed by atoms with Crippen molar-refractivity contribution in [2.75, 3.05) is 19.3 Å². The summed E-state index contributed by atoms with van der Waals surface area (Å²) in [5.41, 5.74) is 12.1. The van der Waals surface area contributed by atoms with Gasteiger partial charge in [0.15, 0.2) is 0 Å². The molecule has 0 bridgehead atoms. The average Bonchev–Trinajstić information content (AvgIpc) is 2.98. The molecule has 4 aromatic rings. The second-order valence-electron chi connectivity index (χ2n) is 9.80. The van der Waals surface area contributed by atoms with Crippen LogP contribution < -0.4 is 32.2 Å². The van der Waals surface area contributed by atoms with E-state index in [9.17, 15) is 0 Å². The Morgan fingerprint density at radius 1 is 0.459 bits per heavy atom. The highest BCUT2D eigenvalue weighted by molar-refractivity contribution is 7.04. The molecule has 0 fully saturated rings. The third-order valence-corrected chi connectivity index (χ3v) is 16.7. The first-order valence-corrected chi connectivity index (χ1v) is 18.0. The maximum absolute atomic E-state index is 7.54. The maximum atomic E-state index is 7.54. The summed E-state index contributed by atoms with van der Waals surface area (Å²) in [7, 11) is -4.84. The van der Waals surface area contributed by atoms with Gasteiger partial charge in [-0.25, -0.2) is 0 Å². The van der Waals surface area contributed by atoms with Gasteiger partial charge in [-0.15, -0.1) is 0 Å². The van der Waals surface area contributed by atoms with Crippen LogP contribution in [0.25, 0.3) is 0 Å². The first kappa shape index (κ1) is 27.2. The van der Waals surface area contributed by atoms with Gasteiger partial charge in [0, 0.05) is 6.23 Å². The zero-order chi connectivity index (χ0) is 25.8. The Labute approximate surface area is 224 Å². The minimum Gasteiger partial charge on any atom is -0.410 e. The van der Waals surface area contributed by atoms with Crippen molar-refractivity contribution in [3.8, 4) is 0 Å². The molecule has 0 saturated carbocycles. The normalized spacial score (nSPS) is 11.9. The van der Waals surface area contributed by atoms with Gasteiger partial charge in [0.25, 0.3) is 8.32 Å². The molecule has 4 aromatic carbocycles. The predicted molar refractivity (Wildman–Crippen MR) is 163 cm³/mol. The molecule has 0 aliphatic heterocycles. The molecule has 0 aliphatic carbocycles. The SMILES string of the molecule is NCCCC[Si](OC[Si](CCCN)(c1ccccc1)c1ccccc1)(c1ccccc1)c1ccccc1. The lowest BCUT2D eigenvalue weighted by molar-refractivity contribution is 0.376. The van der Waals surface area contributed by atoms with E-state index in [-0.39, 0.29) is 0 Å². The van der Waals surface area contributed by atoms with Crippen molar-refractivity contribution < 1.29 is 4.43 Å². The lowest BCUT2D eigenvalue weighted by Crippen LogP contribution is -2.68. The fourth-order valence-corrected chi connectivity index (χ4v) is 14.9. The Morgan fingerprint density at radius 2 is 0.865 bits per heavy atom. The Bertz CT molecular complexity index is 1100. The lowest BCUT2D eigenvalue weighted by atomic mass is 10.3. The summed E-state index contributed by atoms with van der Waals surface area (Å²) in [6, 6.07) is 46.1. The highest BCUT2D eigenvalue weighted by Crippen LogP contribution is 2.22. The Kier molecular flexibility index (Phi) is 10.1. The van der Waals surface area contributed by atoms with Gasteiger partial charge >= 0.3 is 0 Å². The molecular formula is C32H40N2OSi2. The van der Waals surface area contributed by atoms with E-state index < -0.39 is 16.4 Å². The summed E-state index contributed by atoms with van der Waals surface area (Å²) in [5.74, 6) is 0. The van der Waals surface area contributed by atoms with Crippen LogP contribution in [0.3, 0.4) is 0 Å². The molecule has 0 aliphatic rings. The lowest BCUT2D eigenvalue weighted by Gasteiger charge is -2.39. The largest absolute Gasteiger partial charge is 0.410 e. The van der Waals surface area contributed by atoms with Crippen molar-refractivity contribution in [2.24, 2.45) is 11.5 Å². The molecule has 0 aromatic heterocycles. The fourth-order valence-electron chi connectivity index (χ4n) is 5.49. The molecule has 3 nitrogen and oxygen atoms in total. The number of nitrogens with two attached hydrogens (primary N) is 2. The fraction of sp³-hybridized carbons (Fsp3) is 0.250. The molecule has 0 radical (unpaired) electrons. The Hall–Kier alpha value is -2.81. The highest BCUT2D eigenvalue weighted by atomic mass is 28.4. The first-order chi connectivity index (χ1) is 18.2. The minimum absolute atomic E-state index is 0.685. The predicted octanol–water partition coefficient (Wildman–Crippen LogP) is 3.65. The summed E-state index contributed by atoms with van der Waals surface area (Å²) in [6.45, 7) is 1.39. The van der Waals surface area contributed by atoms with Crippen LogP contribution in [-0.4, -0.2) is 35.7 Å². The summed E-state index contributed by atoms with van der Waals surface area (Å²) in [4.78, 5) is 0. The smallest absolute Gasteiger partial charge is 0.255 e. The van der Waals surface area contributed by atoms with Crippen LogP contribution in [-0.2, 0) is 4.43 Å². The van der Waals surface area contributed by atoms with Gasteiger partial charge in [-0.3, -0.25) is 0 Å². The van der Waals surface area contributed by atoms with Crippen LogP contribution in [0.4, 0.5) is 0 Å². The van der Waals surface area contributed by atoms with Crippen LogP contribution in [0, 0.1) is 0 Å². The number of unbranched alkanes of at least 4 members (excludes halogenated alkanes) is 1. The summed E-state index contributed by atoms with van der Waals surface area (Å²) in [5, 5.41) is 5.50. The molecular weight excluding hydrogens is 485 g/mol. The number of rotatable bonds is 14. The number of benzene rings is 4. The van der Waals surface area contributed by atoms with E-state index in [0.717, 1.165) is 37.6 Å². The number of hydrogen-bond acceptors (Lipinski definition) is 3. The minimum atomic E-state index is -2.55. The molecule has 0 spiro atoms. The topological polar surface area (TPSA) is 61.3 Å². The van der Waals surface area contributed by atoms with Crippen LogP contribution >= 0.6 is 0 Å². The summed E-state index contributed by atoms with van der Waals surface area (Å²) in [6.07, 6.45) is 3.78. The van der Waals surface area contributed by atoms with Crippen LogP contribution in [0.5, 0.6) is 0 Å². The van der Waals surface area contributed by atoms with Gasteiger partial charge in [0.1, 0.15) is 8.07 Å². The zero-order valence-corrected chi connectivity index (χ0v) is 23.8. The van der Waals surface area contributed by atoms with Crippen LogP contribution in [0.2, 0.25) is 12.1 Å². The standard InChI is InChI=1S/C32H40N2OSi2/c33-24-13-14-27-37(31-20-9-3-10-21-31,32-22-11-4-12-23-32)35-28-36(26-15-25-34,29-16-5-1-6-17-29)30-18-7-2-8-19-30/h1-12,16-23H,13-15,24-28,33-34H2. The van der Waals surface area contributed by atoms with Gasteiger partial charge in [0.05, 0.1) is 0 Å². The first-order valence-electron chi connectivity index (χ1n) is 13.5. The molecule has 0 saturated heterocycles. The van der Waals surface area contributed by atoms with Gasteiger partial charge < -0.3 is 15.9 Å². The van der Waals surface area contributed by atoms with Crippen molar-refractivity contribution in [3.63, 3.8) is 0 Å². The quantitative estimate of drug-likeness (QED) is 0.196. The third kappa shape index (κ3) is 6.37. The zero-order valence-electron chi connectivity index (χ0n) is 21.8. The van der Waals surface area contributed by atoms with Gasteiger partial charge in [-0.2, -0.15) is 0 Å². The molecule has 0 amide bonds. The summed E-state index contributed by atoms with van der Waals surface area (Å²) < 4.78 is 7.54. The molecule has 4 N–H and O–H groups in total. The maximum Gasteiger partial charge on any atom is 0.255 e. The third-order valence-electron chi connectivity index (χ3n) is 7.49. The van der Waals surface area contributed by atoms with Crippen molar-refractivity contribution in [1.29, 1.82) is 0 Å². The second kappa shape index (κ2) is 13.7. The second-order valence-corrected chi connectivity index (χ2v) is 17.5. The van der Waals surface area contributed by atoms with E-state index >= 15 is 0 Å². The van der Waals surface area contributed by atoms with Gasteiger partial charge in [0.2, 0.25) is 0 Å². The molecule has 192 valence electrons. The van der Waals surface area contributed by atoms with Crippen molar-refractivity contribution >= 4 is 37.1 Å². The number of hydrogen-bond donors (Lipinski definition) is 2. The molecule has 0 unspecified atom stereocenters. The van der Waals surface area contributed by atoms with E-state index in [0.29, 0.717) is 13.1 Å². The molecule has 37 heavy (non-hydrogen) atoms. The van der Waals surface area contributed by atoms with Crippen LogP contribution in [0.1, 0.15) is 19.3 Å². The van der Waals surface area contributed by atoms with E-state index in [1.54, 1.807) is 0 Å². The molecule has 0 atom stereocenters. The monoisotopic (exact) mass is 524 g/mol. The molecule has 4 rings (SSSR count). The van der Waals surface area contributed by atoms with E-state index in [1.807, 2.05) is 0 Å². The van der Waals surface area contributed by atoms with E-state index in [1.165, 1.54) is 20.7 Å². The van der Waals surface area contributed by atoms with E-state index in [4.69, 9.17) is 15.9 Å². The summed E-state index contributed by atoms with van der Waals surface area (Å²) >= 11 is 0. The highest BCUT2D eigenvalue weighted by Gasteiger charge is 2.44. The Balaban J connectivity index is 1.85. The van der Waals surface area contributed by atoms with Gasteiger partial charge in [-0.1, -0.05) is 138 Å². The molecule has 5 heteroatoms. The van der Waals surface area contributed by atoms with Gasteiger partial charge in [-0.05, 0) is 48.4 Å².